The first-order valence-electron chi connectivity index (χ1n) is 11.0. The Morgan fingerprint density at radius 2 is 1.35 bits per heavy atom. The van der Waals surface area contributed by atoms with Crippen molar-refractivity contribution in [2.45, 2.75) is 54.7 Å². The normalized spacial score (nSPS) is 15.4. The van der Waals surface area contributed by atoms with Crippen molar-refractivity contribution in [1.29, 1.82) is 0 Å². The van der Waals surface area contributed by atoms with Gasteiger partial charge < -0.3 is 4.55 Å². The van der Waals surface area contributed by atoms with Gasteiger partial charge in [0.05, 0.1) is 20.1 Å². The quantitative estimate of drug-likeness (QED) is 0.352. The molecule has 1 aliphatic heterocycles. The highest BCUT2D eigenvalue weighted by molar-refractivity contribution is 7.86. The number of rotatable bonds is 4. The van der Waals surface area contributed by atoms with Crippen molar-refractivity contribution in [2.24, 2.45) is 0 Å². The zero-order valence-corrected chi connectivity index (χ0v) is 23.2. The summed E-state index contributed by atoms with van der Waals surface area (Å²) in [4.78, 5) is -1.34. The summed E-state index contributed by atoms with van der Waals surface area (Å²) < 4.78 is 99.5. The lowest BCUT2D eigenvalue weighted by molar-refractivity contribution is -0.434. The minimum atomic E-state index is -4.95. The number of fused-ring (bicyclic) bond motifs is 3. The fourth-order valence-electron chi connectivity index (χ4n) is 4.42. The molecule has 3 aromatic rings. The van der Waals surface area contributed by atoms with Crippen LogP contribution >= 0.6 is 0 Å². The van der Waals surface area contributed by atoms with Crippen LogP contribution in [0.1, 0.15) is 38.8 Å². The van der Waals surface area contributed by atoms with Crippen molar-refractivity contribution in [2.75, 3.05) is 6.54 Å². The van der Waals surface area contributed by atoms with E-state index in [1.807, 2.05) is 34.6 Å². The first kappa shape index (κ1) is 28.9. The standard InChI is InChI=1S/C17H19NO6S2.C7H8O3S/c1-5-18-10(2)17(3,4)16-13-8-11(25(19,20)21)9-15(26(22,23)24)12(13)6-7-14(16)18;1-6-2-4-7(5-3-6)11(8,9)10/h6-9H,5H2,1-4H3,(H-,19,20,21,22,23,24);2-5H,1H3,(H,8,9,10). The molecule has 0 unspecified atom stereocenters. The lowest BCUT2D eigenvalue weighted by Gasteiger charge is -2.19. The molecule has 0 atom stereocenters. The Bertz CT molecular complexity index is 1750. The second kappa shape index (κ2) is 9.57. The Hall–Kier alpha value is -2.68. The SMILES string of the molecule is CC[N+]1=C(C)C(C)(C)c2c1ccc1c(S(=O)(=O)[O-])cc(S(=O)(=O)O)cc21.Cc1ccc(S(=O)(=O)O)cc1. The van der Waals surface area contributed by atoms with E-state index in [-0.39, 0.29) is 10.3 Å². The van der Waals surface area contributed by atoms with Crippen LogP contribution < -0.4 is 0 Å². The van der Waals surface area contributed by atoms with Crippen LogP contribution in [0.25, 0.3) is 10.8 Å². The second-order valence-corrected chi connectivity index (χ2v) is 13.3. The number of nitrogens with zero attached hydrogens (tertiary/aromatic N) is 1. The fourth-order valence-corrected chi connectivity index (χ4v) is 6.22. The van der Waals surface area contributed by atoms with E-state index in [1.165, 1.54) is 24.3 Å². The lowest BCUT2D eigenvalue weighted by atomic mass is 9.80. The predicted octanol–water partition coefficient (Wildman–Crippen LogP) is 3.65. The molecule has 10 nitrogen and oxygen atoms in total. The monoisotopic (exact) mass is 569 g/mol. The van der Waals surface area contributed by atoms with Gasteiger partial charge in [-0.15, -0.1) is 0 Å². The van der Waals surface area contributed by atoms with Crippen molar-refractivity contribution >= 4 is 52.5 Å². The van der Waals surface area contributed by atoms with Crippen LogP contribution in [0.5, 0.6) is 0 Å². The Balaban J connectivity index is 0.000000289. The molecule has 0 aromatic heterocycles. The average molecular weight is 570 g/mol. The van der Waals surface area contributed by atoms with E-state index < -0.39 is 45.6 Å². The van der Waals surface area contributed by atoms with Crippen LogP contribution in [0.3, 0.4) is 0 Å². The topological polar surface area (TPSA) is 169 Å². The highest BCUT2D eigenvalue weighted by Crippen LogP contribution is 2.45. The molecule has 0 amide bonds. The Labute approximate surface area is 216 Å². The van der Waals surface area contributed by atoms with Gasteiger partial charge in [-0.1, -0.05) is 17.7 Å². The van der Waals surface area contributed by atoms with E-state index >= 15 is 0 Å². The molecule has 3 aromatic carbocycles. The minimum Gasteiger partial charge on any atom is -0.744 e. The van der Waals surface area contributed by atoms with E-state index in [2.05, 4.69) is 4.58 Å². The summed E-state index contributed by atoms with van der Waals surface area (Å²) in [6.07, 6.45) is 0. The molecule has 0 saturated carbocycles. The maximum Gasteiger partial charge on any atom is 0.294 e. The molecule has 0 radical (unpaired) electrons. The fraction of sp³-hybridized carbons (Fsp3) is 0.292. The van der Waals surface area contributed by atoms with E-state index in [0.717, 1.165) is 22.5 Å². The van der Waals surface area contributed by atoms with Gasteiger partial charge >= 0.3 is 0 Å². The van der Waals surface area contributed by atoms with Gasteiger partial charge in [0, 0.05) is 23.9 Å². The maximum absolute atomic E-state index is 11.7. The Kier molecular flexibility index (Phi) is 7.47. The third-order valence-corrected chi connectivity index (χ3v) is 9.05. The number of hydrogen-bond acceptors (Lipinski definition) is 7. The van der Waals surface area contributed by atoms with Gasteiger partial charge in [-0.3, -0.25) is 9.11 Å². The zero-order chi connectivity index (χ0) is 28.1. The van der Waals surface area contributed by atoms with Gasteiger partial charge in [0.25, 0.3) is 20.2 Å². The summed E-state index contributed by atoms with van der Waals surface area (Å²) in [6.45, 7) is 10.3. The largest absolute Gasteiger partial charge is 0.744 e. The lowest BCUT2D eigenvalue weighted by Crippen LogP contribution is -2.26. The van der Waals surface area contributed by atoms with Crippen LogP contribution in [0, 0.1) is 6.92 Å². The molecular formula is C24H27NO9S3. The van der Waals surface area contributed by atoms with E-state index in [1.54, 1.807) is 18.2 Å². The van der Waals surface area contributed by atoms with Crippen molar-refractivity contribution in [1.82, 2.24) is 0 Å². The number of aryl methyl sites for hydroxylation is 1. The molecule has 1 heterocycles. The predicted molar refractivity (Wildman–Crippen MR) is 137 cm³/mol. The Morgan fingerprint density at radius 1 is 0.811 bits per heavy atom. The van der Waals surface area contributed by atoms with Crippen molar-refractivity contribution in [3.8, 4) is 0 Å². The first-order chi connectivity index (χ1) is 16.8. The van der Waals surface area contributed by atoms with Crippen LogP contribution in [0.15, 0.2) is 63.2 Å². The van der Waals surface area contributed by atoms with Crippen LogP contribution in [0.4, 0.5) is 5.69 Å². The molecule has 0 aliphatic carbocycles. The van der Waals surface area contributed by atoms with Crippen LogP contribution in [0.2, 0.25) is 0 Å². The van der Waals surface area contributed by atoms with Gasteiger partial charge in [0.2, 0.25) is 5.69 Å². The van der Waals surface area contributed by atoms with E-state index in [0.29, 0.717) is 18.0 Å². The van der Waals surface area contributed by atoms with Gasteiger partial charge in [-0.05, 0) is 63.4 Å². The molecule has 37 heavy (non-hydrogen) atoms. The molecule has 0 spiro atoms. The Morgan fingerprint density at radius 3 is 1.81 bits per heavy atom. The maximum atomic E-state index is 11.7. The molecule has 4 rings (SSSR count). The summed E-state index contributed by atoms with van der Waals surface area (Å²) in [5.41, 5.74) is 3.02. The molecule has 0 bridgehead atoms. The molecule has 200 valence electrons. The smallest absolute Gasteiger partial charge is 0.294 e. The van der Waals surface area contributed by atoms with Crippen LogP contribution in [-0.2, 0) is 35.8 Å². The van der Waals surface area contributed by atoms with Gasteiger partial charge in [0.15, 0.2) is 5.71 Å². The van der Waals surface area contributed by atoms with Gasteiger partial charge in [0.1, 0.15) is 16.7 Å². The first-order valence-corrected chi connectivity index (χ1v) is 15.3. The average Bonchev–Trinajstić information content (AvgIpc) is 2.97. The van der Waals surface area contributed by atoms with E-state index in [4.69, 9.17) is 4.55 Å². The highest BCUT2D eigenvalue weighted by atomic mass is 32.2. The summed E-state index contributed by atoms with van der Waals surface area (Å²) in [5, 5.41) is 0.470. The highest BCUT2D eigenvalue weighted by Gasteiger charge is 2.44. The number of hydrogen-bond donors (Lipinski definition) is 2. The van der Waals surface area contributed by atoms with Crippen molar-refractivity contribution in [3.63, 3.8) is 0 Å². The van der Waals surface area contributed by atoms with Crippen molar-refractivity contribution in [3.05, 3.63) is 59.7 Å². The summed E-state index contributed by atoms with van der Waals surface area (Å²) in [6, 6.07) is 11.2. The van der Waals surface area contributed by atoms with Gasteiger partial charge in [-0.2, -0.15) is 21.4 Å². The summed E-state index contributed by atoms with van der Waals surface area (Å²) >= 11 is 0. The van der Waals surface area contributed by atoms with Crippen molar-refractivity contribution < 1.29 is 43.5 Å². The van der Waals surface area contributed by atoms with Crippen LogP contribution in [-0.4, -0.2) is 55.7 Å². The molecule has 13 heteroatoms. The third kappa shape index (κ3) is 5.61. The molecule has 0 fully saturated rings. The second-order valence-electron chi connectivity index (χ2n) is 9.15. The molecule has 1 aliphatic rings. The third-order valence-electron chi connectivity index (χ3n) is 6.48. The molecule has 0 saturated heterocycles. The zero-order valence-electron chi connectivity index (χ0n) is 20.8. The molecular weight excluding hydrogens is 542 g/mol. The molecule has 2 N–H and O–H groups in total. The number of benzene rings is 3. The van der Waals surface area contributed by atoms with E-state index in [9.17, 15) is 34.4 Å². The summed E-state index contributed by atoms with van der Waals surface area (Å²) in [5.74, 6) is 0. The summed E-state index contributed by atoms with van der Waals surface area (Å²) in [7, 11) is -13.7. The minimum absolute atomic E-state index is 0.0666. The van der Waals surface area contributed by atoms with Gasteiger partial charge in [-0.25, -0.2) is 8.42 Å².